The van der Waals surface area contributed by atoms with Gasteiger partial charge in [-0.1, -0.05) is 20.8 Å². The Morgan fingerprint density at radius 1 is 1.58 bits per heavy atom. The summed E-state index contributed by atoms with van der Waals surface area (Å²) in [6, 6.07) is -0.179. The van der Waals surface area contributed by atoms with E-state index in [1.165, 1.54) is 0 Å². The summed E-state index contributed by atoms with van der Waals surface area (Å²) in [7, 11) is 0. The number of hydrogen-bond donors (Lipinski definition) is 2. The van der Waals surface area contributed by atoms with Crippen molar-refractivity contribution in [2.24, 2.45) is 5.41 Å². The van der Waals surface area contributed by atoms with Gasteiger partial charge in [-0.05, 0) is 23.4 Å². The van der Waals surface area contributed by atoms with Crippen molar-refractivity contribution in [1.82, 2.24) is 9.97 Å². The highest BCUT2D eigenvalue weighted by molar-refractivity contribution is 6.28. The van der Waals surface area contributed by atoms with Crippen LogP contribution in [0.5, 0.6) is 0 Å². The largest absolute Gasteiger partial charge is 0.396 e. The van der Waals surface area contributed by atoms with Gasteiger partial charge in [-0.3, -0.25) is 10.1 Å². The molecule has 8 heteroatoms. The molecule has 0 aliphatic rings. The number of aliphatic hydroxyl groups excluding tert-OH is 1. The van der Waals surface area contributed by atoms with Crippen LogP contribution in [0.3, 0.4) is 0 Å². The van der Waals surface area contributed by atoms with Crippen molar-refractivity contribution >= 4 is 23.1 Å². The Balaban J connectivity index is 3.08. The van der Waals surface area contributed by atoms with Crippen molar-refractivity contribution < 1.29 is 10.0 Å². The topological polar surface area (TPSA) is 101 Å². The molecule has 0 radical (unpaired) electrons. The second kappa shape index (κ2) is 6.12. The molecule has 0 saturated heterocycles. The molecular formula is C11H17ClN4O3. The second-order valence-corrected chi connectivity index (χ2v) is 5.54. The number of halogens is 1. The molecule has 0 aliphatic heterocycles. The third-order valence-electron chi connectivity index (χ3n) is 2.71. The molecule has 1 heterocycles. The molecule has 0 amide bonds. The second-order valence-electron chi connectivity index (χ2n) is 5.21. The first-order chi connectivity index (χ1) is 8.75. The van der Waals surface area contributed by atoms with Crippen LogP contribution in [0.4, 0.5) is 11.5 Å². The first-order valence-corrected chi connectivity index (χ1v) is 6.18. The molecule has 0 bridgehead atoms. The summed E-state index contributed by atoms with van der Waals surface area (Å²) in [5.74, 6) is 0.0679. The minimum Gasteiger partial charge on any atom is -0.396 e. The van der Waals surface area contributed by atoms with E-state index in [2.05, 4.69) is 15.3 Å². The van der Waals surface area contributed by atoms with Gasteiger partial charge in [0.25, 0.3) is 0 Å². The molecule has 0 aliphatic carbocycles. The van der Waals surface area contributed by atoms with E-state index >= 15 is 0 Å². The van der Waals surface area contributed by atoms with Gasteiger partial charge in [-0.2, -0.15) is 4.98 Å². The molecular weight excluding hydrogens is 272 g/mol. The zero-order chi connectivity index (χ0) is 14.6. The number of anilines is 1. The van der Waals surface area contributed by atoms with Gasteiger partial charge in [0, 0.05) is 12.6 Å². The fourth-order valence-electron chi connectivity index (χ4n) is 1.61. The van der Waals surface area contributed by atoms with Crippen molar-refractivity contribution in [3.05, 3.63) is 21.6 Å². The van der Waals surface area contributed by atoms with E-state index in [9.17, 15) is 10.1 Å². The Hall–Kier alpha value is -1.47. The molecule has 2 N–H and O–H groups in total. The number of aliphatic hydroxyl groups is 1. The van der Waals surface area contributed by atoms with Crippen LogP contribution in [-0.4, -0.2) is 32.6 Å². The van der Waals surface area contributed by atoms with Gasteiger partial charge in [-0.15, -0.1) is 0 Å². The summed E-state index contributed by atoms with van der Waals surface area (Å²) in [5.41, 5.74) is -0.440. The predicted octanol–water partition coefficient (Wildman–Crippen LogP) is 2.25. The van der Waals surface area contributed by atoms with Crippen LogP contribution in [0, 0.1) is 15.5 Å². The van der Waals surface area contributed by atoms with Gasteiger partial charge in [0.1, 0.15) is 6.20 Å². The van der Waals surface area contributed by atoms with Crippen molar-refractivity contribution in [3.63, 3.8) is 0 Å². The number of nitro groups is 1. The fraction of sp³-hybridized carbons (Fsp3) is 0.636. The highest BCUT2D eigenvalue weighted by Gasteiger charge is 2.27. The first kappa shape index (κ1) is 15.6. The molecule has 19 heavy (non-hydrogen) atoms. The van der Waals surface area contributed by atoms with E-state index in [4.69, 9.17) is 16.7 Å². The van der Waals surface area contributed by atoms with Crippen LogP contribution in [-0.2, 0) is 0 Å². The third kappa shape index (κ3) is 4.29. The maximum Gasteiger partial charge on any atom is 0.329 e. The highest BCUT2D eigenvalue weighted by Crippen LogP contribution is 2.29. The van der Waals surface area contributed by atoms with E-state index in [0.29, 0.717) is 6.42 Å². The van der Waals surface area contributed by atoms with Crippen LogP contribution >= 0.6 is 11.6 Å². The normalized spacial score (nSPS) is 13.1. The summed E-state index contributed by atoms with van der Waals surface area (Å²) >= 11 is 5.66. The summed E-state index contributed by atoms with van der Waals surface area (Å²) in [5, 5.41) is 22.9. The number of nitrogens with one attached hydrogen (secondary N) is 1. The number of hydrogen-bond acceptors (Lipinski definition) is 6. The molecule has 0 fully saturated rings. The Bertz CT molecular complexity index is 462. The predicted molar refractivity (Wildman–Crippen MR) is 72.3 cm³/mol. The zero-order valence-corrected chi connectivity index (χ0v) is 11.8. The Morgan fingerprint density at radius 2 is 2.21 bits per heavy atom. The lowest BCUT2D eigenvalue weighted by molar-refractivity contribution is -0.384. The van der Waals surface area contributed by atoms with E-state index < -0.39 is 4.92 Å². The molecule has 0 saturated carbocycles. The molecule has 7 nitrogen and oxygen atoms in total. The van der Waals surface area contributed by atoms with Crippen molar-refractivity contribution in [2.45, 2.75) is 33.2 Å². The molecule has 1 unspecified atom stereocenters. The van der Waals surface area contributed by atoms with Crippen LogP contribution in [0.15, 0.2) is 6.20 Å². The lowest BCUT2D eigenvalue weighted by Gasteiger charge is -2.31. The first-order valence-electron chi connectivity index (χ1n) is 5.80. The van der Waals surface area contributed by atoms with Gasteiger partial charge in [0.2, 0.25) is 11.1 Å². The minimum absolute atomic E-state index is 0.0262. The monoisotopic (exact) mass is 288 g/mol. The third-order valence-corrected chi connectivity index (χ3v) is 2.89. The van der Waals surface area contributed by atoms with Crippen LogP contribution in [0.1, 0.15) is 27.2 Å². The van der Waals surface area contributed by atoms with Gasteiger partial charge in [0.05, 0.1) is 4.92 Å². The van der Waals surface area contributed by atoms with Crippen molar-refractivity contribution in [2.75, 3.05) is 11.9 Å². The Kier molecular flexibility index (Phi) is 5.02. The zero-order valence-electron chi connectivity index (χ0n) is 11.1. The Labute approximate surface area is 116 Å². The van der Waals surface area contributed by atoms with E-state index in [1.807, 2.05) is 20.8 Å². The van der Waals surface area contributed by atoms with Crippen molar-refractivity contribution in [1.29, 1.82) is 0 Å². The molecule has 1 rings (SSSR count). The molecule has 1 atom stereocenters. The fourth-order valence-corrected chi connectivity index (χ4v) is 1.74. The summed E-state index contributed by atoms with van der Waals surface area (Å²) < 4.78 is 0. The van der Waals surface area contributed by atoms with Gasteiger partial charge in [0.15, 0.2) is 0 Å². The lowest BCUT2D eigenvalue weighted by atomic mass is 9.85. The molecule has 106 valence electrons. The number of aromatic nitrogens is 2. The number of rotatable bonds is 5. The van der Waals surface area contributed by atoms with Gasteiger partial charge >= 0.3 is 5.69 Å². The lowest BCUT2D eigenvalue weighted by Crippen LogP contribution is -2.35. The number of nitrogens with zero attached hydrogens (tertiary/aromatic N) is 3. The SMILES string of the molecule is CC(C)(C)C(CCO)Nc1nc(Cl)ncc1[N+](=O)[O-]. The van der Waals surface area contributed by atoms with E-state index in [1.54, 1.807) is 0 Å². The van der Waals surface area contributed by atoms with Gasteiger partial charge in [-0.25, -0.2) is 4.98 Å². The average molecular weight is 289 g/mol. The summed E-state index contributed by atoms with van der Waals surface area (Å²) in [6.07, 6.45) is 1.51. The van der Waals surface area contributed by atoms with Crippen LogP contribution < -0.4 is 5.32 Å². The average Bonchev–Trinajstić information content (AvgIpc) is 2.26. The molecule has 1 aromatic rings. The quantitative estimate of drug-likeness (QED) is 0.489. The molecule has 0 aromatic carbocycles. The van der Waals surface area contributed by atoms with Crippen LogP contribution in [0.2, 0.25) is 5.28 Å². The maximum atomic E-state index is 10.9. The van der Waals surface area contributed by atoms with Crippen molar-refractivity contribution in [3.8, 4) is 0 Å². The smallest absolute Gasteiger partial charge is 0.329 e. The minimum atomic E-state index is -0.572. The molecule has 0 spiro atoms. The summed E-state index contributed by atoms with van der Waals surface area (Å²) in [6.45, 7) is 5.88. The standard InChI is InChI=1S/C11H17ClN4O3/c1-11(2,3)8(4-5-17)14-9-7(16(18)19)6-13-10(12)15-9/h6,8,17H,4-5H2,1-3H3,(H,13,14,15). The Morgan fingerprint density at radius 3 is 2.68 bits per heavy atom. The van der Waals surface area contributed by atoms with Crippen LogP contribution in [0.25, 0.3) is 0 Å². The van der Waals surface area contributed by atoms with Gasteiger partial charge < -0.3 is 10.4 Å². The summed E-state index contributed by atoms with van der Waals surface area (Å²) in [4.78, 5) is 17.8. The molecule has 1 aromatic heterocycles. The van der Waals surface area contributed by atoms with E-state index in [0.717, 1.165) is 6.20 Å². The van der Waals surface area contributed by atoms with E-state index in [-0.39, 0.29) is 34.9 Å². The maximum absolute atomic E-state index is 10.9. The highest BCUT2D eigenvalue weighted by atomic mass is 35.5.